The number of piperazine rings is 1. The van der Waals surface area contributed by atoms with Gasteiger partial charge in [0.25, 0.3) is 5.91 Å². The number of hydrogen-bond donors (Lipinski definition) is 3. The summed E-state index contributed by atoms with van der Waals surface area (Å²) in [5.41, 5.74) is 6.54. The molecule has 6 heteroatoms. The average Bonchev–Trinajstić information content (AvgIpc) is 2.49. The number of nitrogens with zero attached hydrogens (tertiary/aromatic N) is 2. The first-order chi connectivity index (χ1) is 9.72. The Kier molecular flexibility index (Phi) is 4.58. The van der Waals surface area contributed by atoms with Crippen LogP contribution in [0, 0.1) is 11.3 Å². The summed E-state index contributed by atoms with van der Waals surface area (Å²) in [6.45, 7) is 2.96. The molecule has 1 fully saturated rings. The van der Waals surface area contributed by atoms with Crippen LogP contribution in [0.15, 0.2) is 41.7 Å². The smallest absolute Gasteiger partial charge is 0.270 e. The highest BCUT2D eigenvalue weighted by Crippen LogP contribution is 2.11. The molecule has 20 heavy (non-hydrogen) atoms. The van der Waals surface area contributed by atoms with Crippen molar-refractivity contribution in [2.45, 2.75) is 0 Å². The summed E-state index contributed by atoms with van der Waals surface area (Å²) in [6.07, 6.45) is 0. The summed E-state index contributed by atoms with van der Waals surface area (Å²) in [6, 6.07) is 10.9. The maximum Gasteiger partial charge on any atom is 0.270 e. The Morgan fingerprint density at radius 3 is 2.55 bits per heavy atom. The molecule has 104 valence electrons. The lowest BCUT2D eigenvalue weighted by molar-refractivity contribution is -0.112. The first-order valence-corrected chi connectivity index (χ1v) is 6.44. The second-order valence-electron chi connectivity index (χ2n) is 4.43. The minimum atomic E-state index is -0.477. The van der Waals surface area contributed by atoms with Gasteiger partial charge in [-0.05, 0) is 12.1 Å². The van der Waals surface area contributed by atoms with Gasteiger partial charge in [0.2, 0.25) is 0 Å². The highest BCUT2D eigenvalue weighted by atomic mass is 16.1. The number of nitrogens with one attached hydrogen (secondary N) is 2. The van der Waals surface area contributed by atoms with Gasteiger partial charge in [0.1, 0.15) is 11.9 Å². The van der Waals surface area contributed by atoms with E-state index in [0.29, 0.717) is 18.8 Å². The fourth-order valence-electron chi connectivity index (χ4n) is 2.00. The van der Waals surface area contributed by atoms with Gasteiger partial charge in [0, 0.05) is 31.9 Å². The number of hydrogen-bond acceptors (Lipinski definition) is 5. The quantitative estimate of drug-likeness (QED) is 0.540. The van der Waals surface area contributed by atoms with Crippen LogP contribution in [-0.2, 0) is 4.79 Å². The van der Waals surface area contributed by atoms with Crippen LogP contribution in [0.3, 0.4) is 0 Å². The summed E-state index contributed by atoms with van der Waals surface area (Å²) >= 11 is 0. The van der Waals surface area contributed by atoms with Crippen LogP contribution >= 0.6 is 0 Å². The van der Waals surface area contributed by atoms with E-state index in [1.807, 2.05) is 29.2 Å². The van der Waals surface area contributed by atoms with E-state index in [-0.39, 0.29) is 11.4 Å². The van der Waals surface area contributed by atoms with Crippen molar-refractivity contribution in [1.29, 1.82) is 5.26 Å². The third-order valence-electron chi connectivity index (χ3n) is 3.08. The molecule has 0 spiro atoms. The number of amides is 1. The number of nitriles is 1. The van der Waals surface area contributed by atoms with Crippen LogP contribution in [0.25, 0.3) is 0 Å². The van der Waals surface area contributed by atoms with E-state index in [2.05, 4.69) is 10.6 Å². The Labute approximate surface area is 117 Å². The van der Waals surface area contributed by atoms with Crippen LogP contribution in [0.5, 0.6) is 0 Å². The van der Waals surface area contributed by atoms with Crippen molar-refractivity contribution in [2.24, 2.45) is 5.73 Å². The van der Waals surface area contributed by atoms with Gasteiger partial charge in [0.15, 0.2) is 5.57 Å². The van der Waals surface area contributed by atoms with Crippen LogP contribution < -0.4 is 16.4 Å². The highest BCUT2D eigenvalue weighted by molar-refractivity contribution is 6.06. The van der Waals surface area contributed by atoms with E-state index in [4.69, 9.17) is 5.73 Å². The Morgan fingerprint density at radius 1 is 1.30 bits per heavy atom. The Bertz CT molecular complexity index is 540. The molecule has 0 unspecified atom stereocenters. The van der Waals surface area contributed by atoms with Crippen molar-refractivity contribution in [1.82, 2.24) is 10.2 Å². The third-order valence-corrected chi connectivity index (χ3v) is 3.08. The van der Waals surface area contributed by atoms with Gasteiger partial charge in [-0.1, -0.05) is 18.2 Å². The minimum absolute atomic E-state index is 0.0456. The zero-order chi connectivity index (χ0) is 14.4. The van der Waals surface area contributed by atoms with E-state index in [0.717, 1.165) is 13.1 Å². The number of rotatable bonds is 3. The molecule has 1 amide bonds. The normalized spacial score (nSPS) is 16.1. The molecule has 1 saturated heterocycles. The maximum atomic E-state index is 12.1. The molecule has 0 bridgehead atoms. The molecule has 1 aliphatic heterocycles. The van der Waals surface area contributed by atoms with Gasteiger partial charge in [-0.25, -0.2) is 0 Å². The van der Waals surface area contributed by atoms with Gasteiger partial charge >= 0.3 is 0 Å². The molecule has 0 saturated carbocycles. The maximum absolute atomic E-state index is 12.1. The van der Waals surface area contributed by atoms with Gasteiger partial charge < -0.3 is 21.3 Å². The van der Waals surface area contributed by atoms with Gasteiger partial charge in [-0.3, -0.25) is 4.79 Å². The van der Waals surface area contributed by atoms with Gasteiger partial charge in [-0.2, -0.15) is 5.26 Å². The summed E-state index contributed by atoms with van der Waals surface area (Å²) in [5.74, 6) is -0.239. The number of carbonyl (C=O) groups excluding carboxylic acids is 1. The van der Waals surface area contributed by atoms with E-state index in [1.54, 1.807) is 12.1 Å². The third kappa shape index (κ3) is 3.28. The van der Waals surface area contributed by atoms with E-state index in [1.165, 1.54) is 0 Å². The predicted molar refractivity (Wildman–Crippen MR) is 76.3 cm³/mol. The zero-order valence-electron chi connectivity index (χ0n) is 11.1. The lowest BCUT2D eigenvalue weighted by Gasteiger charge is -2.29. The summed E-state index contributed by atoms with van der Waals surface area (Å²) < 4.78 is 0. The average molecular weight is 271 g/mol. The van der Waals surface area contributed by atoms with Crippen LogP contribution in [0.4, 0.5) is 5.69 Å². The Morgan fingerprint density at radius 2 is 1.95 bits per heavy atom. The van der Waals surface area contributed by atoms with Gasteiger partial charge in [0.05, 0.1) is 0 Å². The molecule has 1 aromatic rings. The number of carbonyl (C=O) groups is 1. The Hall–Kier alpha value is -2.52. The van der Waals surface area contributed by atoms with Crippen LogP contribution in [0.2, 0.25) is 0 Å². The monoisotopic (exact) mass is 271 g/mol. The number of anilines is 1. The molecular weight excluding hydrogens is 254 g/mol. The number of para-hydroxylation sites is 1. The second-order valence-corrected chi connectivity index (χ2v) is 4.43. The van der Waals surface area contributed by atoms with Crippen molar-refractivity contribution >= 4 is 11.6 Å². The zero-order valence-corrected chi connectivity index (χ0v) is 11.1. The minimum Gasteiger partial charge on any atom is -0.384 e. The summed E-state index contributed by atoms with van der Waals surface area (Å²) in [4.78, 5) is 14.0. The van der Waals surface area contributed by atoms with E-state index < -0.39 is 5.91 Å². The molecule has 1 heterocycles. The van der Waals surface area contributed by atoms with Crippen molar-refractivity contribution < 1.29 is 4.79 Å². The first kappa shape index (κ1) is 13.9. The van der Waals surface area contributed by atoms with Gasteiger partial charge in [-0.15, -0.1) is 0 Å². The van der Waals surface area contributed by atoms with Crippen molar-refractivity contribution in [2.75, 3.05) is 31.5 Å². The second kappa shape index (κ2) is 6.59. The number of nitrogens with two attached hydrogens (primary N) is 1. The lowest BCUT2D eigenvalue weighted by atomic mass is 10.2. The van der Waals surface area contributed by atoms with Crippen LogP contribution in [0.1, 0.15) is 0 Å². The molecule has 1 aromatic carbocycles. The van der Waals surface area contributed by atoms with Crippen molar-refractivity contribution in [3.05, 3.63) is 41.7 Å². The summed E-state index contributed by atoms with van der Waals surface area (Å²) in [5, 5.41) is 15.0. The summed E-state index contributed by atoms with van der Waals surface area (Å²) in [7, 11) is 0. The first-order valence-electron chi connectivity index (χ1n) is 6.44. The molecule has 2 rings (SSSR count). The molecule has 1 aliphatic rings. The molecule has 4 N–H and O–H groups in total. The molecule has 0 aliphatic carbocycles. The van der Waals surface area contributed by atoms with E-state index in [9.17, 15) is 10.1 Å². The predicted octanol–water partition coefficient (Wildman–Crippen LogP) is 0.224. The molecule has 6 nitrogen and oxygen atoms in total. The SMILES string of the molecule is N#C/C(C(=O)Nc1ccccc1)=C(/N)N1CCNCC1. The van der Waals surface area contributed by atoms with Crippen molar-refractivity contribution in [3.63, 3.8) is 0 Å². The lowest BCUT2D eigenvalue weighted by Crippen LogP contribution is -2.45. The molecule has 0 radical (unpaired) electrons. The van der Waals surface area contributed by atoms with Crippen LogP contribution in [-0.4, -0.2) is 37.0 Å². The number of benzene rings is 1. The Balaban J connectivity index is 2.14. The molecular formula is C14H17N5O. The molecule has 0 atom stereocenters. The fourth-order valence-corrected chi connectivity index (χ4v) is 2.00. The fraction of sp³-hybridized carbons (Fsp3) is 0.286. The molecule has 0 aromatic heterocycles. The largest absolute Gasteiger partial charge is 0.384 e. The van der Waals surface area contributed by atoms with E-state index >= 15 is 0 Å². The standard InChI is InChI=1S/C14H17N5O/c15-10-12(13(16)19-8-6-17-7-9-19)14(20)18-11-4-2-1-3-5-11/h1-5,17H,6-9,16H2,(H,18,20)/b13-12+. The highest BCUT2D eigenvalue weighted by Gasteiger charge is 2.19. The topological polar surface area (TPSA) is 94.2 Å². The van der Waals surface area contributed by atoms with Crippen molar-refractivity contribution in [3.8, 4) is 6.07 Å².